The van der Waals surface area contributed by atoms with Crippen molar-refractivity contribution < 1.29 is 23.4 Å². The molecule has 1 aromatic rings. The van der Waals surface area contributed by atoms with Crippen molar-refractivity contribution >= 4 is 5.97 Å². The van der Waals surface area contributed by atoms with Gasteiger partial charge in [0.1, 0.15) is 0 Å². The maximum absolute atomic E-state index is 13.1. The Morgan fingerprint density at radius 2 is 2.21 bits per heavy atom. The van der Waals surface area contributed by atoms with Crippen LogP contribution >= 0.6 is 0 Å². The SMILES string of the molecule is CCOC(=O)Cc1c(C#N)ccc(CO)c1C(F)F. The molecule has 0 fully saturated rings. The second-order valence-corrected chi connectivity index (χ2v) is 3.72. The monoisotopic (exact) mass is 269 g/mol. The van der Waals surface area contributed by atoms with Crippen molar-refractivity contribution in [3.8, 4) is 6.07 Å². The highest BCUT2D eigenvalue weighted by Gasteiger charge is 2.22. The highest BCUT2D eigenvalue weighted by molar-refractivity contribution is 5.74. The molecule has 1 N–H and O–H groups in total. The van der Waals surface area contributed by atoms with Crippen molar-refractivity contribution in [2.75, 3.05) is 6.61 Å². The minimum atomic E-state index is -2.88. The van der Waals surface area contributed by atoms with Crippen LogP contribution in [0.3, 0.4) is 0 Å². The van der Waals surface area contributed by atoms with Crippen molar-refractivity contribution in [3.63, 3.8) is 0 Å². The minimum absolute atomic E-state index is 0.00768. The molecule has 0 spiro atoms. The molecule has 1 aromatic carbocycles. The average Bonchev–Trinajstić information content (AvgIpc) is 2.37. The lowest BCUT2D eigenvalue weighted by molar-refractivity contribution is -0.142. The normalized spacial score (nSPS) is 10.3. The molecule has 0 saturated heterocycles. The van der Waals surface area contributed by atoms with E-state index in [1.165, 1.54) is 12.1 Å². The van der Waals surface area contributed by atoms with E-state index in [1.807, 2.05) is 0 Å². The van der Waals surface area contributed by atoms with E-state index in [4.69, 9.17) is 15.1 Å². The second kappa shape index (κ2) is 6.81. The van der Waals surface area contributed by atoms with Gasteiger partial charge in [0.05, 0.1) is 31.3 Å². The van der Waals surface area contributed by atoms with Crippen LogP contribution < -0.4 is 0 Å². The van der Waals surface area contributed by atoms with Crippen molar-refractivity contribution in [3.05, 3.63) is 34.4 Å². The number of aliphatic hydroxyl groups excluding tert-OH is 1. The van der Waals surface area contributed by atoms with Gasteiger partial charge < -0.3 is 9.84 Å². The molecule has 0 aromatic heterocycles. The van der Waals surface area contributed by atoms with Gasteiger partial charge in [0, 0.05) is 5.56 Å². The predicted octanol–water partition coefficient (Wildman–Crippen LogP) is 2.09. The van der Waals surface area contributed by atoms with E-state index in [0.717, 1.165) is 0 Å². The van der Waals surface area contributed by atoms with E-state index in [1.54, 1.807) is 13.0 Å². The van der Waals surface area contributed by atoms with Crippen molar-refractivity contribution in [2.24, 2.45) is 0 Å². The summed E-state index contributed by atoms with van der Waals surface area (Å²) >= 11 is 0. The van der Waals surface area contributed by atoms with E-state index in [9.17, 15) is 13.6 Å². The summed E-state index contributed by atoms with van der Waals surface area (Å²) in [4.78, 5) is 11.4. The predicted molar refractivity (Wildman–Crippen MR) is 62.4 cm³/mol. The lowest BCUT2D eigenvalue weighted by atomic mass is 9.94. The van der Waals surface area contributed by atoms with Gasteiger partial charge in [-0.2, -0.15) is 5.26 Å². The Morgan fingerprint density at radius 3 is 2.68 bits per heavy atom. The Balaban J connectivity index is 3.31. The van der Waals surface area contributed by atoms with Gasteiger partial charge in [-0.3, -0.25) is 4.79 Å². The van der Waals surface area contributed by atoms with E-state index in [-0.39, 0.29) is 23.3 Å². The zero-order chi connectivity index (χ0) is 14.4. The quantitative estimate of drug-likeness (QED) is 0.831. The van der Waals surface area contributed by atoms with Gasteiger partial charge in [-0.05, 0) is 24.1 Å². The smallest absolute Gasteiger partial charge is 0.310 e. The molecular weight excluding hydrogens is 256 g/mol. The molecule has 0 saturated carbocycles. The molecule has 19 heavy (non-hydrogen) atoms. The molecular formula is C13H13F2NO3. The molecule has 102 valence electrons. The Labute approximate surface area is 109 Å². The van der Waals surface area contributed by atoms with Gasteiger partial charge in [-0.1, -0.05) is 6.07 Å². The lowest BCUT2D eigenvalue weighted by Crippen LogP contribution is -2.12. The van der Waals surface area contributed by atoms with Gasteiger partial charge in [-0.15, -0.1) is 0 Å². The van der Waals surface area contributed by atoms with Crippen LogP contribution in [0.4, 0.5) is 8.78 Å². The topological polar surface area (TPSA) is 70.3 Å². The van der Waals surface area contributed by atoms with Crippen molar-refractivity contribution in [2.45, 2.75) is 26.4 Å². The van der Waals surface area contributed by atoms with E-state index in [0.29, 0.717) is 0 Å². The summed E-state index contributed by atoms with van der Waals surface area (Å²) in [7, 11) is 0. The van der Waals surface area contributed by atoms with Crippen LogP contribution in [-0.2, 0) is 22.6 Å². The molecule has 4 nitrogen and oxygen atoms in total. The Kier molecular flexibility index (Phi) is 5.39. The standard InChI is InChI=1S/C13H13F2NO3/c1-2-19-11(18)5-10-8(6-16)3-4-9(7-17)12(10)13(14)15/h3-4,13,17H,2,5,7H2,1H3. The summed E-state index contributed by atoms with van der Waals surface area (Å²) in [6.07, 6.45) is -3.29. The molecule has 6 heteroatoms. The highest BCUT2D eigenvalue weighted by atomic mass is 19.3. The molecule has 0 atom stereocenters. The molecule has 1 rings (SSSR count). The third-order valence-electron chi connectivity index (χ3n) is 2.58. The summed E-state index contributed by atoms with van der Waals surface area (Å²) in [5.74, 6) is -0.684. The molecule has 0 heterocycles. The summed E-state index contributed by atoms with van der Waals surface area (Å²) in [5, 5.41) is 18.0. The fraction of sp³-hybridized carbons (Fsp3) is 0.385. The first-order chi connectivity index (χ1) is 9.04. The zero-order valence-electron chi connectivity index (χ0n) is 10.3. The number of carbonyl (C=O) groups is 1. The molecule has 0 aliphatic heterocycles. The van der Waals surface area contributed by atoms with Crippen molar-refractivity contribution in [1.29, 1.82) is 5.26 Å². The summed E-state index contributed by atoms with van der Waals surface area (Å²) in [6.45, 7) is 1.15. The summed E-state index contributed by atoms with van der Waals surface area (Å²) in [6, 6.07) is 4.34. The van der Waals surface area contributed by atoms with Gasteiger partial charge in [0.25, 0.3) is 6.43 Å². The Morgan fingerprint density at radius 1 is 1.53 bits per heavy atom. The van der Waals surface area contributed by atoms with Crippen molar-refractivity contribution in [1.82, 2.24) is 0 Å². The number of nitriles is 1. The molecule has 0 bridgehead atoms. The maximum Gasteiger partial charge on any atom is 0.310 e. The first kappa shape index (κ1) is 15.1. The van der Waals surface area contributed by atoms with Crippen LogP contribution in [0.5, 0.6) is 0 Å². The van der Waals surface area contributed by atoms with Crippen LogP contribution in [-0.4, -0.2) is 17.7 Å². The molecule has 0 aliphatic carbocycles. The number of hydrogen-bond acceptors (Lipinski definition) is 4. The number of aliphatic hydroxyl groups is 1. The van der Waals surface area contributed by atoms with Crippen LogP contribution in [0.2, 0.25) is 0 Å². The van der Waals surface area contributed by atoms with Gasteiger partial charge in [-0.25, -0.2) is 8.78 Å². The molecule has 0 radical (unpaired) electrons. The fourth-order valence-electron chi connectivity index (χ4n) is 1.77. The van der Waals surface area contributed by atoms with E-state index in [2.05, 4.69) is 0 Å². The van der Waals surface area contributed by atoms with E-state index >= 15 is 0 Å². The van der Waals surface area contributed by atoms with Gasteiger partial charge in [0.2, 0.25) is 0 Å². The Hall–Kier alpha value is -2.00. The summed E-state index contributed by atoms with van der Waals surface area (Å²) in [5.41, 5.74) is -0.550. The largest absolute Gasteiger partial charge is 0.466 e. The number of esters is 1. The third-order valence-corrected chi connectivity index (χ3v) is 2.58. The maximum atomic E-state index is 13.1. The first-order valence-electron chi connectivity index (χ1n) is 5.64. The molecule has 0 unspecified atom stereocenters. The minimum Gasteiger partial charge on any atom is -0.466 e. The van der Waals surface area contributed by atoms with Gasteiger partial charge >= 0.3 is 5.97 Å². The van der Waals surface area contributed by atoms with Gasteiger partial charge in [0.15, 0.2) is 0 Å². The highest BCUT2D eigenvalue weighted by Crippen LogP contribution is 2.30. The van der Waals surface area contributed by atoms with Crippen LogP contribution in [0.25, 0.3) is 0 Å². The number of alkyl halides is 2. The third kappa shape index (κ3) is 3.48. The lowest BCUT2D eigenvalue weighted by Gasteiger charge is -2.14. The van der Waals surface area contributed by atoms with Crippen LogP contribution in [0, 0.1) is 11.3 Å². The Bertz CT molecular complexity index is 509. The number of halogens is 2. The van der Waals surface area contributed by atoms with E-state index < -0.39 is 31.0 Å². The second-order valence-electron chi connectivity index (χ2n) is 3.72. The summed E-state index contributed by atoms with van der Waals surface area (Å²) < 4.78 is 30.8. The van der Waals surface area contributed by atoms with Crippen LogP contribution in [0.15, 0.2) is 12.1 Å². The number of rotatable bonds is 5. The average molecular weight is 269 g/mol. The number of nitrogens with zero attached hydrogens (tertiary/aromatic N) is 1. The number of benzene rings is 1. The zero-order valence-corrected chi connectivity index (χ0v) is 10.3. The number of ether oxygens (including phenoxy) is 1. The fourth-order valence-corrected chi connectivity index (χ4v) is 1.77. The molecule has 0 amide bonds. The number of carbonyl (C=O) groups excluding carboxylic acids is 1. The van der Waals surface area contributed by atoms with Crippen LogP contribution in [0.1, 0.15) is 35.6 Å². The molecule has 0 aliphatic rings. The number of hydrogen-bond donors (Lipinski definition) is 1. The first-order valence-corrected chi connectivity index (χ1v) is 5.64.